The van der Waals surface area contributed by atoms with Gasteiger partial charge in [-0.2, -0.15) is 0 Å². The van der Waals surface area contributed by atoms with Crippen LogP contribution in [0.1, 0.15) is 22.3 Å². The number of rotatable bonds is 4. The maximum atomic E-state index is 7.14. The Morgan fingerprint density at radius 3 is 1.45 bits per heavy atom. The Balaban J connectivity index is 1.09. The van der Waals surface area contributed by atoms with Gasteiger partial charge in [0.2, 0.25) is 0 Å². The molecule has 1 aliphatic carbocycles. The van der Waals surface area contributed by atoms with Gasteiger partial charge < -0.3 is 4.74 Å². The topological polar surface area (TPSA) is 35.0 Å². The minimum Gasteiger partial charge on any atom is -0.455 e. The molecule has 1 aliphatic heterocycles. The summed E-state index contributed by atoms with van der Waals surface area (Å²) in [7, 11) is 0. The fourth-order valence-corrected chi connectivity index (χ4v) is 9.49. The van der Waals surface area contributed by atoms with Crippen molar-refractivity contribution in [1.82, 2.24) is 9.97 Å². The van der Waals surface area contributed by atoms with E-state index in [0.29, 0.717) is 5.82 Å². The molecule has 3 heteroatoms. The average Bonchev–Trinajstić information content (AvgIpc) is 3.59. The summed E-state index contributed by atoms with van der Waals surface area (Å²) in [6.07, 6.45) is 0. The van der Waals surface area contributed by atoms with Crippen molar-refractivity contribution in [1.29, 1.82) is 0 Å². The van der Waals surface area contributed by atoms with Gasteiger partial charge in [-0.1, -0.05) is 194 Å². The van der Waals surface area contributed by atoms with Gasteiger partial charge in [-0.15, -0.1) is 0 Å². The molecule has 0 amide bonds. The van der Waals surface area contributed by atoms with E-state index >= 15 is 0 Å². The number of ether oxygens (including phenoxy) is 1. The predicted octanol–water partition coefficient (Wildman–Crippen LogP) is 13.9. The fourth-order valence-electron chi connectivity index (χ4n) is 9.49. The third-order valence-corrected chi connectivity index (χ3v) is 12.2. The molecule has 2 aliphatic rings. The van der Waals surface area contributed by atoms with E-state index in [2.05, 4.69) is 194 Å². The molecule has 0 saturated carbocycles. The smallest absolute Gasteiger partial charge is 0.160 e. The quantitative estimate of drug-likeness (QED) is 0.180. The van der Waals surface area contributed by atoms with Crippen molar-refractivity contribution in [2.45, 2.75) is 5.41 Å². The number of fused-ring (bicyclic) bond motifs is 13. The van der Waals surface area contributed by atoms with Crippen LogP contribution in [-0.4, -0.2) is 9.97 Å². The van der Waals surface area contributed by atoms with Crippen LogP contribution in [0, 0.1) is 0 Å². The van der Waals surface area contributed by atoms with Gasteiger partial charge in [0, 0.05) is 38.6 Å². The first-order valence-corrected chi connectivity index (χ1v) is 19.8. The SMILES string of the molecule is c1ccc(-c2ccc(-c3cc(-c4ccccc4)nc(-c4ccc5c(c4)-c4ccccc4C54c5ccc6ccccc6c5Oc5c4ccc4ccccc54)n3)cc2)cc1. The third-order valence-electron chi connectivity index (χ3n) is 12.2. The van der Waals surface area contributed by atoms with Gasteiger partial charge in [-0.05, 0) is 56.3 Å². The molecule has 9 aromatic carbocycles. The number of benzene rings is 9. The first kappa shape index (κ1) is 32.6. The van der Waals surface area contributed by atoms with E-state index in [1.165, 1.54) is 33.4 Å². The Hall–Kier alpha value is -7.62. The highest BCUT2D eigenvalue weighted by molar-refractivity contribution is 6.00. The Kier molecular flexibility index (Phi) is 7.14. The summed E-state index contributed by atoms with van der Waals surface area (Å²) in [6, 6.07) is 73.6. The van der Waals surface area contributed by atoms with Crippen molar-refractivity contribution in [3.8, 4) is 67.7 Å². The predicted molar refractivity (Wildman–Crippen MR) is 236 cm³/mol. The number of aromatic nitrogens is 2. The molecular weight excluding hydrogens is 705 g/mol. The molecular formula is C55H34N2O. The van der Waals surface area contributed by atoms with Crippen LogP contribution in [0.5, 0.6) is 11.5 Å². The summed E-state index contributed by atoms with van der Waals surface area (Å²) in [4.78, 5) is 10.6. The van der Waals surface area contributed by atoms with Crippen molar-refractivity contribution in [2.75, 3.05) is 0 Å². The normalized spacial score (nSPS) is 13.1. The summed E-state index contributed by atoms with van der Waals surface area (Å²) in [5.41, 5.74) is 13.7. The standard InChI is InChI=1S/C55H34N2O/c1-3-13-35(14-4-1)36-23-25-40(26-24-36)51-34-50(39-17-5-2-6-18-39)56-54(57-51)41-29-30-47-45(33-41)44-21-11-12-22-46(44)55(47)48-31-27-37-15-7-9-19-42(37)52(48)58-53-43-20-10-8-16-38(43)28-32-49(53)55/h1-34H. The highest BCUT2D eigenvalue weighted by Gasteiger charge is 2.51. The first-order chi connectivity index (χ1) is 28.7. The number of hydrogen-bond acceptors (Lipinski definition) is 3. The highest BCUT2D eigenvalue weighted by atomic mass is 16.5. The third kappa shape index (κ3) is 4.80. The number of nitrogens with zero attached hydrogens (tertiary/aromatic N) is 2. The van der Waals surface area contributed by atoms with Gasteiger partial charge in [0.1, 0.15) is 11.5 Å². The van der Waals surface area contributed by atoms with Crippen molar-refractivity contribution >= 4 is 21.5 Å². The zero-order valence-corrected chi connectivity index (χ0v) is 31.4. The van der Waals surface area contributed by atoms with E-state index < -0.39 is 5.41 Å². The van der Waals surface area contributed by atoms with Crippen LogP contribution in [0.3, 0.4) is 0 Å². The summed E-state index contributed by atoms with van der Waals surface area (Å²) < 4.78 is 7.14. The molecule has 270 valence electrons. The van der Waals surface area contributed by atoms with E-state index in [9.17, 15) is 0 Å². The highest BCUT2D eigenvalue weighted by Crippen LogP contribution is 2.64. The maximum Gasteiger partial charge on any atom is 0.160 e. The number of hydrogen-bond donors (Lipinski definition) is 0. The second kappa shape index (κ2) is 12.7. The zero-order chi connectivity index (χ0) is 38.2. The summed E-state index contributed by atoms with van der Waals surface area (Å²) in [6.45, 7) is 0. The zero-order valence-electron chi connectivity index (χ0n) is 31.4. The van der Waals surface area contributed by atoms with E-state index in [0.717, 1.165) is 72.2 Å². The van der Waals surface area contributed by atoms with Crippen molar-refractivity contribution < 1.29 is 4.74 Å². The molecule has 0 radical (unpaired) electrons. The second-order valence-corrected chi connectivity index (χ2v) is 15.3. The van der Waals surface area contributed by atoms with E-state index in [4.69, 9.17) is 14.7 Å². The van der Waals surface area contributed by atoms with Crippen molar-refractivity contribution in [2.24, 2.45) is 0 Å². The molecule has 0 atom stereocenters. The van der Waals surface area contributed by atoms with E-state index in [-0.39, 0.29) is 0 Å². The lowest BCUT2D eigenvalue weighted by molar-refractivity contribution is 0.447. The molecule has 10 aromatic rings. The fraction of sp³-hybridized carbons (Fsp3) is 0.0182. The summed E-state index contributed by atoms with van der Waals surface area (Å²) >= 11 is 0. The molecule has 12 rings (SSSR count). The largest absolute Gasteiger partial charge is 0.455 e. The minimum atomic E-state index is -0.611. The van der Waals surface area contributed by atoms with Crippen LogP contribution in [0.25, 0.3) is 77.7 Å². The molecule has 1 aromatic heterocycles. The maximum absolute atomic E-state index is 7.14. The van der Waals surface area contributed by atoms with Gasteiger partial charge in [0.25, 0.3) is 0 Å². The first-order valence-electron chi connectivity index (χ1n) is 19.8. The van der Waals surface area contributed by atoms with Gasteiger partial charge in [0.15, 0.2) is 5.82 Å². The van der Waals surface area contributed by atoms with E-state index in [1.807, 2.05) is 12.1 Å². The van der Waals surface area contributed by atoms with Crippen molar-refractivity contribution in [3.63, 3.8) is 0 Å². The summed E-state index contributed by atoms with van der Waals surface area (Å²) in [5.74, 6) is 2.51. The van der Waals surface area contributed by atoms with Gasteiger partial charge in [-0.3, -0.25) is 0 Å². The molecule has 0 fully saturated rings. The molecule has 58 heavy (non-hydrogen) atoms. The van der Waals surface area contributed by atoms with E-state index in [1.54, 1.807) is 0 Å². The average molecular weight is 739 g/mol. The molecule has 0 saturated heterocycles. The van der Waals surface area contributed by atoms with Crippen LogP contribution >= 0.6 is 0 Å². The Labute approximate surface area is 336 Å². The molecule has 0 unspecified atom stereocenters. The van der Waals surface area contributed by atoms with Gasteiger partial charge >= 0.3 is 0 Å². The Bertz CT molecular complexity index is 3160. The van der Waals surface area contributed by atoms with Crippen LogP contribution in [-0.2, 0) is 5.41 Å². The molecule has 2 heterocycles. The lowest BCUT2D eigenvalue weighted by Crippen LogP contribution is -2.32. The van der Waals surface area contributed by atoms with Crippen LogP contribution in [0.4, 0.5) is 0 Å². The Morgan fingerprint density at radius 2 is 0.793 bits per heavy atom. The monoisotopic (exact) mass is 738 g/mol. The molecule has 0 bridgehead atoms. The van der Waals surface area contributed by atoms with Crippen LogP contribution in [0.2, 0.25) is 0 Å². The Morgan fingerprint density at radius 1 is 0.328 bits per heavy atom. The minimum absolute atomic E-state index is 0.611. The molecule has 3 nitrogen and oxygen atoms in total. The van der Waals surface area contributed by atoms with Crippen LogP contribution < -0.4 is 4.74 Å². The second-order valence-electron chi connectivity index (χ2n) is 15.3. The molecule has 1 spiro atoms. The lowest BCUT2D eigenvalue weighted by Gasteiger charge is -2.40. The van der Waals surface area contributed by atoms with Gasteiger partial charge in [-0.25, -0.2) is 9.97 Å². The van der Waals surface area contributed by atoms with Crippen LogP contribution in [0.15, 0.2) is 206 Å². The lowest BCUT2D eigenvalue weighted by atomic mass is 9.65. The van der Waals surface area contributed by atoms with Crippen molar-refractivity contribution in [3.05, 3.63) is 229 Å². The summed E-state index contributed by atoms with van der Waals surface area (Å²) in [5, 5.41) is 4.53. The molecule has 0 N–H and O–H groups in total. The van der Waals surface area contributed by atoms with Gasteiger partial charge in [0.05, 0.1) is 16.8 Å².